The van der Waals surface area contributed by atoms with Gasteiger partial charge in [-0.15, -0.1) is 0 Å². The molecule has 1 aromatic heterocycles. The largest absolute Gasteiger partial charge is 0.459 e. The minimum Gasteiger partial charge on any atom is -0.459 e. The molecule has 3 rings (SSSR count). The minimum atomic E-state index is -0.0377. The number of carbonyl (C=O) groups is 1. The number of anilines is 1. The van der Waals surface area contributed by atoms with Gasteiger partial charge >= 0.3 is 0 Å². The lowest BCUT2D eigenvalue weighted by atomic mass is 10.0. The van der Waals surface area contributed by atoms with Crippen molar-refractivity contribution < 1.29 is 9.21 Å². The average molecular weight is 256 g/mol. The van der Waals surface area contributed by atoms with Crippen molar-refractivity contribution >= 4 is 11.6 Å². The van der Waals surface area contributed by atoms with E-state index in [0.717, 1.165) is 30.6 Å². The van der Waals surface area contributed by atoms with Crippen LogP contribution in [-0.4, -0.2) is 17.4 Å². The highest BCUT2D eigenvalue weighted by Crippen LogP contribution is 2.33. The lowest BCUT2D eigenvalue weighted by molar-refractivity contribution is 0.0703. The molecule has 1 aromatic carbocycles. The number of benzene rings is 1. The highest BCUT2D eigenvalue weighted by atomic mass is 16.3. The average Bonchev–Trinajstić information content (AvgIpc) is 3.10. The van der Waals surface area contributed by atoms with Crippen LogP contribution in [0.1, 0.15) is 35.0 Å². The van der Waals surface area contributed by atoms with Gasteiger partial charge in [-0.25, -0.2) is 0 Å². The van der Waals surface area contributed by atoms with E-state index in [-0.39, 0.29) is 11.9 Å². The summed E-state index contributed by atoms with van der Waals surface area (Å²) in [6.45, 7) is 0.772. The fourth-order valence-corrected chi connectivity index (χ4v) is 2.62. The van der Waals surface area contributed by atoms with E-state index in [1.54, 1.807) is 12.1 Å². The number of furan rings is 1. The monoisotopic (exact) mass is 256 g/mol. The van der Waals surface area contributed by atoms with Crippen molar-refractivity contribution in [3.8, 4) is 0 Å². The van der Waals surface area contributed by atoms with Gasteiger partial charge in [-0.2, -0.15) is 0 Å². The Morgan fingerprint density at radius 2 is 2.05 bits per heavy atom. The maximum absolute atomic E-state index is 12.4. The van der Waals surface area contributed by atoms with Crippen LogP contribution in [0.5, 0.6) is 0 Å². The molecule has 1 saturated heterocycles. The van der Waals surface area contributed by atoms with E-state index < -0.39 is 0 Å². The first-order chi connectivity index (χ1) is 9.25. The van der Waals surface area contributed by atoms with E-state index in [9.17, 15) is 4.79 Å². The predicted octanol–water partition coefficient (Wildman–Crippen LogP) is 2.84. The molecule has 1 aliphatic rings. The van der Waals surface area contributed by atoms with Crippen LogP contribution in [0, 0.1) is 0 Å². The Morgan fingerprint density at radius 3 is 2.74 bits per heavy atom. The molecule has 1 fully saturated rings. The van der Waals surface area contributed by atoms with E-state index in [1.807, 2.05) is 29.2 Å². The SMILES string of the molecule is Nc1ccc(C2CCCN2C(=O)c2ccco2)cc1. The Labute approximate surface area is 111 Å². The van der Waals surface area contributed by atoms with Crippen molar-refractivity contribution in [3.63, 3.8) is 0 Å². The van der Waals surface area contributed by atoms with Crippen molar-refractivity contribution in [1.29, 1.82) is 0 Å². The fourth-order valence-electron chi connectivity index (χ4n) is 2.62. The predicted molar refractivity (Wildman–Crippen MR) is 72.6 cm³/mol. The van der Waals surface area contributed by atoms with Gasteiger partial charge in [0.05, 0.1) is 12.3 Å². The van der Waals surface area contributed by atoms with E-state index in [1.165, 1.54) is 6.26 Å². The maximum atomic E-state index is 12.4. The summed E-state index contributed by atoms with van der Waals surface area (Å²) in [5, 5.41) is 0. The van der Waals surface area contributed by atoms with Gasteiger partial charge in [-0.05, 0) is 42.7 Å². The zero-order chi connectivity index (χ0) is 13.2. The Balaban J connectivity index is 1.85. The summed E-state index contributed by atoms with van der Waals surface area (Å²) in [6.07, 6.45) is 3.53. The summed E-state index contributed by atoms with van der Waals surface area (Å²) >= 11 is 0. The molecule has 2 aromatic rings. The lowest BCUT2D eigenvalue weighted by Crippen LogP contribution is -2.30. The number of hydrogen-bond donors (Lipinski definition) is 1. The Kier molecular flexibility index (Phi) is 2.99. The number of nitrogens with two attached hydrogens (primary N) is 1. The van der Waals surface area contributed by atoms with Gasteiger partial charge in [-0.1, -0.05) is 12.1 Å². The number of nitrogens with zero attached hydrogens (tertiary/aromatic N) is 1. The summed E-state index contributed by atoms with van der Waals surface area (Å²) in [6, 6.07) is 11.3. The van der Waals surface area contributed by atoms with Crippen LogP contribution >= 0.6 is 0 Å². The topological polar surface area (TPSA) is 59.5 Å². The number of amides is 1. The van der Waals surface area contributed by atoms with E-state index in [2.05, 4.69) is 0 Å². The van der Waals surface area contributed by atoms with Crippen molar-refractivity contribution in [1.82, 2.24) is 4.90 Å². The number of nitrogen functional groups attached to an aromatic ring is 1. The molecule has 0 bridgehead atoms. The molecule has 2 heterocycles. The normalized spacial score (nSPS) is 18.7. The maximum Gasteiger partial charge on any atom is 0.290 e. The van der Waals surface area contributed by atoms with E-state index >= 15 is 0 Å². The first kappa shape index (κ1) is 11.8. The number of carbonyl (C=O) groups excluding carboxylic acids is 1. The second kappa shape index (κ2) is 4.80. The molecule has 4 nitrogen and oxygen atoms in total. The van der Waals surface area contributed by atoms with Crippen LogP contribution < -0.4 is 5.73 Å². The molecule has 4 heteroatoms. The quantitative estimate of drug-likeness (QED) is 0.840. The third-order valence-electron chi connectivity index (χ3n) is 3.57. The molecule has 0 saturated carbocycles. The standard InChI is InChI=1S/C15H16N2O2/c16-12-7-5-11(6-8-12)13-3-1-9-17(13)15(18)14-4-2-10-19-14/h2,4-8,10,13H,1,3,9,16H2. The highest BCUT2D eigenvalue weighted by molar-refractivity contribution is 5.92. The van der Waals surface area contributed by atoms with Crippen molar-refractivity contribution in [2.24, 2.45) is 0 Å². The first-order valence-electron chi connectivity index (χ1n) is 6.45. The molecule has 98 valence electrons. The molecular formula is C15H16N2O2. The molecule has 1 atom stereocenters. The second-order valence-electron chi connectivity index (χ2n) is 4.80. The summed E-state index contributed by atoms with van der Waals surface area (Å²) in [4.78, 5) is 14.2. The van der Waals surface area contributed by atoms with Crippen molar-refractivity contribution in [3.05, 3.63) is 54.0 Å². The van der Waals surface area contributed by atoms with E-state index in [4.69, 9.17) is 10.2 Å². The molecule has 1 amide bonds. The van der Waals surface area contributed by atoms with Crippen LogP contribution in [0.4, 0.5) is 5.69 Å². The molecule has 1 aliphatic heterocycles. The van der Waals surface area contributed by atoms with Crippen LogP contribution in [0.15, 0.2) is 47.1 Å². The van der Waals surface area contributed by atoms with Gasteiger partial charge in [-0.3, -0.25) is 4.79 Å². The smallest absolute Gasteiger partial charge is 0.290 e. The second-order valence-corrected chi connectivity index (χ2v) is 4.80. The summed E-state index contributed by atoms with van der Waals surface area (Å²) < 4.78 is 5.20. The fraction of sp³-hybridized carbons (Fsp3) is 0.267. The van der Waals surface area contributed by atoms with Crippen LogP contribution in [0.25, 0.3) is 0 Å². The van der Waals surface area contributed by atoms with Gasteiger partial charge in [0.25, 0.3) is 5.91 Å². The van der Waals surface area contributed by atoms with Crippen LogP contribution in [0.3, 0.4) is 0 Å². The lowest BCUT2D eigenvalue weighted by Gasteiger charge is -2.24. The summed E-state index contributed by atoms with van der Waals surface area (Å²) in [5.41, 5.74) is 7.57. The molecular weight excluding hydrogens is 240 g/mol. The third kappa shape index (κ3) is 2.21. The third-order valence-corrected chi connectivity index (χ3v) is 3.57. The Morgan fingerprint density at radius 1 is 1.26 bits per heavy atom. The highest BCUT2D eigenvalue weighted by Gasteiger charge is 2.31. The molecule has 2 N–H and O–H groups in total. The van der Waals surface area contributed by atoms with Crippen LogP contribution in [-0.2, 0) is 0 Å². The van der Waals surface area contributed by atoms with Gasteiger partial charge in [0.2, 0.25) is 0 Å². The van der Waals surface area contributed by atoms with Crippen molar-refractivity contribution in [2.75, 3.05) is 12.3 Å². The van der Waals surface area contributed by atoms with Gasteiger partial charge in [0.1, 0.15) is 0 Å². The Hall–Kier alpha value is -2.23. The zero-order valence-corrected chi connectivity index (χ0v) is 10.6. The summed E-state index contributed by atoms with van der Waals surface area (Å²) in [5.74, 6) is 0.367. The zero-order valence-electron chi connectivity index (χ0n) is 10.6. The Bertz CT molecular complexity index is 560. The number of likely N-dealkylation sites (tertiary alicyclic amines) is 1. The molecule has 1 unspecified atom stereocenters. The molecule has 0 spiro atoms. The van der Waals surface area contributed by atoms with Gasteiger partial charge in [0.15, 0.2) is 5.76 Å². The molecule has 0 aliphatic carbocycles. The van der Waals surface area contributed by atoms with Gasteiger partial charge < -0.3 is 15.1 Å². The molecule has 19 heavy (non-hydrogen) atoms. The van der Waals surface area contributed by atoms with Gasteiger partial charge in [0, 0.05) is 12.2 Å². The molecule has 0 radical (unpaired) electrons. The number of rotatable bonds is 2. The number of hydrogen-bond acceptors (Lipinski definition) is 3. The minimum absolute atomic E-state index is 0.0377. The van der Waals surface area contributed by atoms with Crippen molar-refractivity contribution in [2.45, 2.75) is 18.9 Å². The van der Waals surface area contributed by atoms with E-state index in [0.29, 0.717) is 5.76 Å². The van der Waals surface area contributed by atoms with Crippen LogP contribution in [0.2, 0.25) is 0 Å². The first-order valence-corrected chi connectivity index (χ1v) is 6.45. The summed E-state index contributed by atoms with van der Waals surface area (Å²) in [7, 11) is 0.